The second-order valence-electron chi connectivity index (χ2n) is 8.72. The SMILES string of the molecule is Cc1nnn(-c2ccc(-c3ccc(N(C)[C@@H]4C[C@H]5CC[C@](C)(N5)[C@H]4F)nn3)c(O)c2)n1. The summed E-state index contributed by atoms with van der Waals surface area (Å²) in [5, 5.41) is 34.4. The lowest BCUT2D eigenvalue weighted by Crippen LogP contribution is -2.62. The van der Waals surface area contributed by atoms with Crippen LogP contribution < -0.4 is 10.2 Å². The van der Waals surface area contributed by atoms with Crippen molar-refractivity contribution >= 4 is 5.82 Å². The second kappa shape index (κ2) is 7.23. The molecule has 0 saturated carbocycles. The molecule has 10 heteroatoms. The van der Waals surface area contributed by atoms with Gasteiger partial charge in [0.15, 0.2) is 11.6 Å². The van der Waals surface area contributed by atoms with Gasteiger partial charge in [0.2, 0.25) is 0 Å². The van der Waals surface area contributed by atoms with E-state index in [4.69, 9.17) is 0 Å². The van der Waals surface area contributed by atoms with E-state index in [9.17, 15) is 5.11 Å². The molecule has 2 aliphatic heterocycles. The number of benzene rings is 1. The van der Waals surface area contributed by atoms with Crippen LogP contribution in [0.2, 0.25) is 0 Å². The highest BCUT2D eigenvalue weighted by atomic mass is 19.1. The number of tetrazole rings is 1. The molecule has 31 heavy (non-hydrogen) atoms. The minimum atomic E-state index is -0.983. The molecular weight excluding hydrogens is 399 g/mol. The molecule has 2 bridgehead atoms. The number of aromatic nitrogens is 6. The van der Waals surface area contributed by atoms with Crippen molar-refractivity contribution in [3.8, 4) is 22.7 Å². The van der Waals surface area contributed by atoms with Gasteiger partial charge in [-0.05, 0) is 62.6 Å². The number of aromatic hydroxyl groups is 1. The van der Waals surface area contributed by atoms with Crippen LogP contribution in [0.4, 0.5) is 10.2 Å². The maximum absolute atomic E-state index is 15.2. The van der Waals surface area contributed by atoms with E-state index in [0.29, 0.717) is 34.6 Å². The van der Waals surface area contributed by atoms with Gasteiger partial charge in [-0.1, -0.05) is 0 Å². The van der Waals surface area contributed by atoms with Gasteiger partial charge < -0.3 is 15.3 Å². The molecule has 5 rings (SSSR count). The third-order valence-corrected chi connectivity index (χ3v) is 6.53. The van der Waals surface area contributed by atoms with Crippen LogP contribution in [0.1, 0.15) is 32.0 Å². The van der Waals surface area contributed by atoms with E-state index in [1.807, 2.05) is 24.9 Å². The van der Waals surface area contributed by atoms with Crippen LogP contribution in [-0.2, 0) is 0 Å². The van der Waals surface area contributed by atoms with E-state index in [1.54, 1.807) is 31.2 Å². The van der Waals surface area contributed by atoms with Crippen molar-refractivity contribution in [1.82, 2.24) is 35.7 Å². The fourth-order valence-electron chi connectivity index (χ4n) is 4.75. The predicted octanol–water partition coefficient (Wildman–Crippen LogP) is 2.19. The van der Waals surface area contributed by atoms with E-state index < -0.39 is 11.7 Å². The Bertz CT molecular complexity index is 1100. The highest BCUT2D eigenvalue weighted by Crippen LogP contribution is 2.40. The van der Waals surface area contributed by atoms with Crippen LogP contribution in [0.15, 0.2) is 30.3 Å². The molecule has 162 valence electrons. The van der Waals surface area contributed by atoms with Crippen LogP contribution in [0, 0.1) is 6.92 Å². The number of alkyl halides is 1. The van der Waals surface area contributed by atoms with E-state index in [-0.39, 0.29) is 11.8 Å². The van der Waals surface area contributed by atoms with Crippen molar-refractivity contribution in [2.24, 2.45) is 0 Å². The van der Waals surface area contributed by atoms with Gasteiger partial charge in [-0.25, -0.2) is 4.39 Å². The first-order valence-corrected chi connectivity index (χ1v) is 10.4. The lowest BCUT2D eigenvalue weighted by atomic mass is 9.86. The summed E-state index contributed by atoms with van der Waals surface area (Å²) < 4.78 is 15.2. The van der Waals surface area contributed by atoms with Gasteiger partial charge >= 0.3 is 0 Å². The molecule has 4 atom stereocenters. The quantitative estimate of drug-likeness (QED) is 0.657. The highest BCUT2D eigenvalue weighted by molar-refractivity contribution is 5.68. The molecule has 0 aliphatic carbocycles. The fourth-order valence-corrected chi connectivity index (χ4v) is 4.75. The molecule has 2 aliphatic rings. The summed E-state index contributed by atoms with van der Waals surface area (Å²) >= 11 is 0. The molecule has 0 radical (unpaired) electrons. The monoisotopic (exact) mass is 424 g/mol. The van der Waals surface area contributed by atoms with Gasteiger partial charge in [0.1, 0.15) is 11.9 Å². The number of phenols is 1. The molecule has 2 N–H and O–H groups in total. The van der Waals surface area contributed by atoms with E-state index in [1.165, 1.54) is 4.80 Å². The number of hydrogen-bond acceptors (Lipinski definition) is 8. The number of phenolic OH excluding ortho intramolecular Hbond substituents is 1. The normalized spacial score (nSPS) is 27.4. The number of hydrogen-bond donors (Lipinski definition) is 2. The molecule has 2 fully saturated rings. The Kier molecular flexibility index (Phi) is 4.62. The van der Waals surface area contributed by atoms with Crippen molar-refractivity contribution in [1.29, 1.82) is 0 Å². The van der Waals surface area contributed by atoms with Crippen molar-refractivity contribution < 1.29 is 9.50 Å². The topological polar surface area (TPSA) is 105 Å². The van der Waals surface area contributed by atoms with Gasteiger partial charge in [0, 0.05) is 30.3 Å². The molecule has 0 spiro atoms. The Morgan fingerprint density at radius 3 is 2.74 bits per heavy atom. The van der Waals surface area contributed by atoms with Gasteiger partial charge in [0.25, 0.3) is 0 Å². The molecule has 1 aromatic carbocycles. The third-order valence-electron chi connectivity index (χ3n) is 6.53. The van der Waals surface area contributed by atoms with Gasteiger partial charge in [-0.15, -0.1) is 25.2 Å². The predicted molar refractivity (Wildman–Crippen MR) is 113 cm³/mol. The lowest BCUT2D eigenvalue weighted by molar-refractivity contribution is 0.111. The molecule has 0 amide bonds. The Labute approximate surface area is 179 Å². The maximum atomic E-state index is 15.2. The van der Waals surface area contributed by atoms with Crippen molar-refractivity contribution in [3.05, 3.63) is 36.2 Å². The van der Waals surface area contributed by atoms with Crippen molar-refractivity contribution in [2.75, 3.05) is 11.9 Å². The second-order valence-corrected chi connectivity index (χ2v) is 8.72. The standard InChI is InChI=1S/C21H25FN8O/c1-12-24-28-30(27-12)14-4-5-15(18(31)11-14)16-6-7-19(26-25-16)29(3)17-10-13-8-9-21(2,23-13)20(17)22/h4-7,11,13,17,20,23,31H,8-10H2,1-3H3/t13-,17-,20+,21+/m1/s1. The smallest absolute Gasteiger partial charge is 0.172 e. The Morgan fingerprint density at radius 2 is 2.06 bits per heavy atom. The van der Waals surface area contributed by atoms with Gasteiger partial charge in [0.05, 0.1) is 17.4 Å². The minimum absolute atomic E-state index is 0.0366. The van der Waals surface area contributed by atoms with Gasteiger partial charge in [-0.3, -0.25) is 0 Å². The largest absolute Gasteiger partial charge is 0.507 e. The van der Waals surface area contributed by atoms with Crippen LogP contribution in [0.5, 0.6) is 5.75 Å². The number of anilines is 1. The molecular formula is C21H25FN8O. The summed E-state index contributed by atoms with van der Waals surface area (Å²) in [7, 11) is 1.87. The van der Waals surface area contributed by atoms with E-state index >= 15 is 4.39 Å². The highest BCUT2D eigenvalue weighted by Gasteiger charge is 2.51. The zero-order valence-corrected chi connectivity index (χ0v) is 17.7. The minimum Gasteiger partial charge on any atom is -0.507 e. The third kappa shape index (κ3) is 3.40. The average molecular weight is 424 g/mol. The number of fused-ring (bicyclic) bond motifs is 2. The zero-order chi connectivity index (χ0) is 21.8. The lowest BCUT2D eigenvalue weighted by Gasteiger charge is -2.44. The van der Waals surface area contributed by atoms with Crippen LogP contribution in [0.25, 0.3) is 16.9 Å². The molecule has 2 saturated heterocycles. The molecule has 4 heterocycles. The molecule has 2 aromatic heterocycles. The van der Waals surface area contributed by atoms with Crippen LogP contribution >= 0.6 is 0 Å². The number of halogens is 1. The summed E-state index contributed by atoms with van der Waals surface area (Å²) in [4.78, 5) is 3.24. The number of piperidine rings is 1. The van der Waals surface area contributed by atoms with Crippen molar-refractivity contribution in [3.63, 3.8) is 0 Å². The summed E-state index contributed by atoms with van der Waals surface area (Å²) in [6.45, 7) is 3.71. The summed E-state index contributed by atoms with van der Waals surface area (Å²) in [6.07, 6.45) is 1.62. The number of nitrogens with zero attached hydrogens (tertiary/aromatic N) is 7. The average Bonchev–Trinajstić information content (AvgIpc) is 3.34. The first-order valence-electron chi connectivity index (χ1n) is 10.4. The summed E-state index contributed by atoms with van der Waals surface area (Å²) in [5.41, 5.74) is 1.19. The molecule has 9 nitrogen and oxygen atoms in total. The van der Waals surface area contributed by atoms with Crippen LogP contribution in [-0.4, -0.2) is 66.4 Å². The summed E-state index contributed by atoms with van der Waals surface area (Å²) in [5.74, 6) is 1.19. The molecule has 3 aromatic rings. The van der Waals surface area contributed by atoms with E-state index in [2.05, 4.69) is 30.9 Å². The summed E-state index contributed by atoms with van der Waals surface area (Å²) in [6, 6.07) is 8.77. The molecule has 0 unspecified atom stereocenters. The zero-order valence-electron chi connectivity index (χ0n) is 17.7. The van der Waals surface area contributed by atoms with Gasteiger partial charge in [-0.2, -0.15) is 0 Å². The Hall–Kier alpha value is -3.14. The number of aryl methyl sites for hydroxylation is 1. The van der Waals surface area contributed by atoms with E-state index in [0.717, 1.165) is 19.3 Å². The number of nitrogens with one attached hydrogen (secondary N) is 1. The maximum Gasteiger partial charge on any atom is 0.172 e. The Balaban J connectivity index is 1.36. The van der Waals surface area contributed by atoms with Crippen LogP contribution in [0.3, 0.4) is 0 Å². The fraction of sp³-hybridized carbons (Fsp3) is 0.476. The first kappa shape index (κ1) is 19.8. The number of rotatable bonds is 4. The Morgan fingerprint density at radius 1 is 1.23 bits per heavy atom. The first-order chi connectivity index (χ1) is 14.8. The van der Waals surface area contributed by atoms with Crippen molar-refractivity contribution in [2.45, 2.75) is 56.9 Å².